The predicted octanol–water partition coefficient (Wildman–Crippen LogP) is 5.74. The fourth-order valence-corrected chi connectivity index (χ4v) is 4.87. The van der Waals surface area contributed by atoms with Gasteiger partial charge >= 0.3 is 5.63 Å². The Bertz CT molecular complexity index is 1540. The SMILES string of the molecule is CCOc1ccc(-n2c(SCc3cc(=O)oc4c(C)c(C)ccc34)nnc2-c2cccnc2)cc1. The lowest BCUT2D eigenvalue weighted by atomic mass is 10.0. The van der Waals surface area contributed by atoms with Crippen molar-refractivity contribution in [1.82, 2.24) is 19.7 Å². The molecule has 0 N–H and O–H groups in total. The highest BCUT2D eigenvalue weighted by atomic mass is 32.2. The molecule has 8 heteroatoms. The summed E-state index contributed by atoms with van der Waals surface area (Å²) in [5.41, 5.74) is 5.00. The Kier molecular flexibility index (Phi) is 6.37. The molecule has 0 fully saturated rings. The molecule has 0 unspecified atom stereocenters. The van der Waals surface area contributed by atoms with Gasteiger partial charge in [-0.3, -0.25) is 9.55 Å². The largest absolute Gasteiger partial charge is 0.494 e. The zero-order chi connectivity index (χ0) is 24.4. The second-order valence-corrected chi connectivity index (χ2v) is 9.02. The van der Waals surface area contributed by atoms with Gasteiger partial charge in [-0.1, -0.05) is 23.9 Å². The second kappa shape index (κ2) is 9.76. The van der Waals surface area contributed by atoms with Crippen LogP contribution in [-0.4, -0.2) is 26.4 Å². The first-order chi connectivity index (χ1) is 17.0. The van der Waals surface area contributed by atoms with Gasteiger partial charge in [0.05, 0.1) is 6.61 Å². The number of nitrogens with zero attached hydrogens (tertiary/aromatic N) is 4. The van der Waals surface area contributed by atoms with Crippen LogP contribution >= 0.6 is 11.8 Å². The molecule has 176 valence electrons. The lowest BCUT2D eigenvalue weighted by Gasteiger charge is -2.12. The van der Waals surface area contributed by atoms with E-state index in [1.54, 1.807) is 18.5 Å². The van der Waals surface area contributed by atoms with Crippen LogP contribution in [0.3, 0.4) is 0 Å². The van der Waals surface area contributed by atoms with E-state index in [0.29, 0.717) is 28.9 Å². The molecule has 0 saturated carbocycles. The van der Waals surface area contributed by atoms with E-state index in [2.05, 4.69) is 21.2 Å². The number of fused-ring (bicyclic) bond motifs is 1. The van der Waals surface area contributed by atoms with Crippen LogP contribution < -0.4 is 10.4 Å². The van der Waals surface area contributed by atoms with E-state index in [1.807, 2.05) is 67.8 Å². The molecule has 35 heavy (non-hydrogen) atoms. The molecule has 0 spiro atoms. The van der Waals surface area contributed by atoms with E-state index in [9.17, 15) is 4.79 Å². The molecule has 7 nitrogen and oxygen atoms in total. The van der Waals surface area contributed by atoms with Gasteiger partial charge in [0.2, 0.25) is 0 Å². The minimum Gasteiger partial charge on any atom is -0.494 e. The quantitative estimate of drug-likeness (QED) is 0.215. The summed E-state index contributed by atoms with van der Waals surface area (Å²) in [6.45, 7) is 6.54. The fraction of sp³-hybridized carbons (Fsp3) is 0.185. The summed E-state index contributed by atoms with van der Waals surface area (Å²) in [6.07, 6.45) is 3.50. The first-order valence-corrected chi connectivity index (χ1v) is 12.3. The third-order valence-corrected chi connectivity index (χ3v) is 6.81. The lowest BCUT2D eigenvalue weighted by molar-refractivity contribution is 0.340. The molecule has 0 amide bonds. The lowest BCUT2D eigenvalue weighted by Crippen LogP contribution is -2.03. The van der Waals surface area contributed by atoms with Crippen molar-refractivity contribution in [2.45, 2.75) is 31.7 Å². The van der Waals surface area contributed by atoms with E-state index in [0.717, 1.165) is 39.1 Å². The van der Waals surface area contributed by atoms with Gasteiger partial charge in [-0.25, -0.2) is 4.79 Å². The fourth-order valence-electron chi connectivity index (χ4n) is 3.92. The van der Waals surface area contributed by atoms with E-state index in [4.69, 9.17) is 9.15 Å². The van der Waals surface area contributed by atoms with Crippen LogP contribution in [0.25, 0.3) is 28.0 Å². The van der Waals surface area contributed by atoms with Gasteiger partial charge in [0.15, 0.2) is 11.0 Å². The van der Waals surface area contributed by atoms with Gasteiger partial charge in [0.25, 0.3) is 0 Å². The highest BCUT2D eigenvalue weighted by molar-refractivity contribution is 7.98. The maximum Gasteiger partial charge on any atom is 0.336 e. The molecule has 0 radical (unpaired) electrons. The van der Waals surface area contributed by atoms with E-state index >= 15 is 0 Å². The van der Waals surface area contributed by atoms with Crippen LogP contribution in [0.2, 0.25) is 0 Å². The number of rotatable bonds is 7. The van der Waals surface area contributed by atoms with Crippen molar-refractivity contribution >= 4 is 22.7 Å². The Morgan fingerprint density at radius 3 is 2.63 bits per heavy atom. The van der Waals surface area contributed by atoms with Gasteiger partial charge < -0.3 is 9.15 Å². The zero-order valence-corrected chi connectivity index (χ0v) is 20.5. The number of aromatic nitrogens is 4. The normalized spacial score (nSPS) is 11.2. The Morgan fingerprint density at radius 1 is 1.06 bits per heavy atom. The van der Waals surface area contributed by atoms with Gasteiger partial charge in [-0.2, -0.15) is 0 Å². The third-order valence-electron chi connectivity index (χ3n) is 5.83. The number of aryl methyl sites for hydroxylation is 2. The summed E-state index contributed by atoms with van der Waals surface area (Å²) in [5, 5.41) is 10.6. The summed E-state index contributed by atoms with van der Waals surface area (Å²) < 4.78 is 13.1. The Hall–Kier alpha value is -3.91. The second-order valence-electron chi connectivity index (χ2n) is 8.07. The van der Waals surface area contributed by atoms with Crippen LogP contribution in [0.15, 0.2) is 81.4 Å². The molecule has 3 aromatic heterocycles. The van der Waals surface area contributed by atoms with Crippen molar-refractivity contribution in [2.24, 2.45) is 0 Å². The first kappa shape index (κ1) is 22.9. The number of ether oxygens (including phenoxy) is 1. The summed E-state index contributed by atoms with van der Waals surface area (Å²) in [5.74, 6) is 2.02. The number of thioether (sulfide) groups is 1. The molecule has 0 aliphatic heterocycles. The molecule has 2 aromatic carbocycles. The van der Waals surface area contributed by atoms with Crippen LogP contribution in [-0.2, 0) is 5.75 Å². The molecular weight excluding hydrogens is 460 g/mol. The minimum absolute atomic E-state index is 0.356. The zero-order valence-electron chi connectivity index (χ0n) is 19.7. The molecule has 0 aliphatic carbocycles. The van der Waals surface area contributed by atoms with Crippen LogP contribution in [0.1, 0.15) is 23.6 Å². The highest BCUT2D eigenvalue weighted by Crippen LogP contribution is 2.32. The van der Waals surface area contributed by atoms with Gasteiger partial charge in [-0.05, 0) is 73.9 Å². The number of hydrogen-bond donors (Lipinski definition) is 0. The minimum atomic E-state index is -0.356. The number of hydrogen-bond acceptors (Lipinski definition) is 7. The highest BCUT2D eigenvalue weighted by Gasteiger charge is 2.18. The Balaban J connectivity index is 1.55. The summed E-state index contributed by atoms with van der Waals surface area (Å²) in [4.78, 5) is 16.6. The molecule has 0 saturated heterocycles. The number of pyridine rings is 1. The van der Waals surface area contributed by atoms with Crippen molar-refractivity contribution in [3.63, 3.8) is 0 Å². The van der Waals surface area contributed by atoms with Crippen LogP contribution in [0, 0.1) is 13.8 Å². The molecule has 0 atom stereocenters. The summed E-state index contributed by atoms with van der Waals surface area (Å²) >= 11 is 1.52. The predicted molar refractivity (Wildman–Crippen MR) is 137 cm³/mol. The van der Waals surface area contributed by atoms with Gasteiger partial charge in [0.1, 0.15) is 11.3 Å². The molecule has 0 bridgehead atoms. The molecule has 5 rings (SSSR count). The Morgan fingerprint density at radius 2 is 1.89 bits per heavy atom. The van der Waals surface area contributed by atoms with E-state index < -0.39 is 0 Å². The molecule has 0 aliphatic rings. The van der Waals surface area contributed by atoms with Crippen molar-refractivity contribution in [3.05, 3.63) is 94.1 Å². The van der Waals surface area contributed by atoms with Crippen LogP contribution in [0.4, 0.5) is 0 Å². The van der Waals surface area contributed by atoms with Gasteiger partial charge in [-0.15, -0.1) is 10.2 Å². The monoisotopic (exact) mass is 484 g/mol. The van der Waals surface area contributed by atoms with Crippen molar-refractivity contribution in [3.8, 4) is 22.8 Å². The van der Waals surface area contributed by atoms with Crippen molar-refractivity contribution < 1.29 is 9.15 Å². The molecule has 5 aromatic rings. The van der Waals surface area contributed by atoms with Gasteiger partial charge in [0, 0.05) is 40.8 Å². The van der Waals surface area contributed by atoms with Crippen LogP contribution in [0.5, 0.6) is 5.75 Å². The molecule has 3 heterocycles. The van der Waals surface area contributed by atoms with Crippen molar-refractivity contribution in [1.29, 1.82) is 0 Å². The van der Waals surface area contributed by atoms with E-state index in [-0.39, 0.29) is 5.63 Å². The van der Waals surface area contributed by atoms with Crippen molar-refractivity contribution in [2.75, 3.05) is 6.61 Å². The standard InChI is InChI=1S/C27H24N4O3S/c1-4-33-22-10-8-21(9-11-22)31-26(19-6-5-13-28-15-19)29-30-27(31)35-16-20-14-24(32)34-25-18(3)17(2)7-12-23(20)25/h5-15H,4,16H2,1-3H3. The smallest absolute Gasteiger partial charge is 0.336 e. The molecular formula is C27H24N4O3S. The summed E-state index contributed by atoms with van der Waals surface area (Å²) in [6, 6.07) is 17.3. The third kappa shape index (κ3) is 4.57. The number of benzene rings is 2. The van der Waals surface area contributed by atoms with E-state index in [1.165, 1.54) is 11.8 Å². The maximum atomic E-state index is 12.3. The maximum absolute atomic E-state index is 12.3. The Labute approximate surface area is 206 Å². The topological polar surface area (TPSA) is 83.0 Å². The first-order valence-electron chi connectivity index (χ1n) is 11.3. The average molecular weight is 485 g/mol. The average Bonchev–Trinajstić information content (AvgIpc) is 3.30. The summed E-state index contributed by atoms with van der Waals surface area (Å²) in [7, 11) is 0.